The molecule has 0 heterocycles. The van der Waals surface area contributed by atoms with Gasteiger partial charge in [-0.05, 0) is 36.6 Å². The van der Waals surface area contributed by atoms with Crippen molar-refractivity contribution < 1.29 is 14.3 Å². The van der Waals surface area contributed by atoms with Gasteiger partial charge in [0.25, 0.3) is 0 Å². The highest BCUT2D eigenvalue weighted by Gasteiger charge is 2.26. The molecule has 0 saturated carbocycles. The van der Waals surface area contributed by atoms with Gasteiger partial charge in [-0.1, -0.05) is 49.5 Å². The van der Waals surface area contributed by atoms with Gasteiger partial charge >= 0.3 is 5.97 Å². The second kappa shape index (κ2) is 9.58. The van der Waals surface area contributed by atoms with E-state index < -0.39 is 12.0 Å². The normalized spacial score (nSPS) is 13.6. The fourth-order valence-corrected chi connectivity index (χ4v) is 2.38. The zero-order chi connectivity index (χ0) is 17.4. The number of ether oxygens (including phenoxy) is 1. The van der Waals surface area contributed by atoms with E-state index in [1.165, 1.54) is 6.08 Å². The number of benzene rings is 1. The van der Waals surface area contributed by atoms with Crippen molar-refractivity contribution in [2.45, 2.75) is 33.2 Å². The molecule has 6 heteroatoms. The Labute approximate surface area is 146 Å². The lowest BCUT2D eigenvalue weighted by Crippen LogP contribution is -2.45. The summed E-state index contributed by atoms with van der Waals surface area (Å²) < 4.78 is 5.01. The van der Waals surface area contributed by atoms with Crippen LogP contribution in [0.3, 0.4) is 0 Å². The second-order valence-corrected chi connectivity index (χ2v) is 5.97. The van der Waals surface area contributed by atoms with E-state index in [-0.39, 0.29) is 18.4 Å². The van der Waals surface area contributed by atoms with Crippen LogP contribution in [0.2, 0.25) is 10.0 Å². The van der Waals surface area contributed by atoms with E-state index in [1.807, 2.05) is 13.8 Å². The zero-order valence-electron chi connectivity index (χ0n) is 13.4. The van der Waals surface area contributed by atoms with E-state index >= 15 is 0 Å². The maximum atomic E-state index is 12.1. The van der Waals surface area contributed by atoms with Crippen LogP contribution < -0.4 is 5.32 Å². The molecular weight excluding hydrogens is 337 g/mol. The fraction of sp³-hybridized carbons (Fsp3) is 0.412. The number of carbonyl (C=O) groups is 2. The summed E-state index contributed by atoms with van der Waals surface area (Å²) in [6.45, 7) is 5.85. The monoisotopic (exact) mass is 357 g/mol. The van der Waals surface area contributed by atoms with Crippen molar-refractivity contribution in [1.29, 1.82) is 0 Å². The lowest BCUT2D eigenvalue weighted by atomic mass is 9.99. The van der Waals surface area contributed by atoms with Crippen LogP contribution >= 0.6 is 23.2 Å². The summed E-state index contributed by atoms with van der Waals surface area (Å²) in [5, 5.41) is 3.66. The molecule has 1 unspecified atom stereocenters. The molecule has 0 aliphatic rings. The van der Waals surface area contributed by atoms with Crippen molar-refractivity contribution in [3.05, 3.63) is 39.9 Å². The molecule has 1 aromatic rings. The van der Waals surface area contributed by atoms with Gasteiger partial charge in [-0.3, -0.25) is 4.79 Å². The molecular formula is C17H21Cl2NO3. The van der Waals surface area contributed by atoms with Crippen LogP contribution in [0.5, 0.6) is 0 Å². The Morgan fingerprint density at radius 2 is 2.00 bits per heavy atom. The molecule has 2 atom stereocenters. The number of nitrogens with one attached hydrogen (secondary N) is 1. The van der Waals surface area contributed by atoms with Crippen molar-refractivity contribution in [2.75, 3.05) is 6.61 Å². The lowest BCUT2D eigenvalue weighted by Gasteiger charge is -2.21. The summed E-state index contributed by atoms with van der Waals surface area (Å²) in [6, 6.07) is 4.33. The number of hydrogen-bond acceptors (Lipinski definition) is 3. The Morgan fingerprint density at radius 1 is 1.30 bits per heavy atom. The average molecular weight is 358 g/mol. The van der Waals surface area contributed by atoms with Crippen LogP contribution in [0, 0.1) is 5.92 Å². The van der Waals surface area contributed by atoms with Gasteiger partial charge in [0.15, 0.2) is 0 Å². The second-order valence-electron chi connectivity index (χ2n) is 5.12. The first-order valence-electron chi connectivity index (χ1n) is 7.49. The maximum Gasteiger partial charge on any atom is 0.328 e. The summed E-state index contributed by atoms with van der Waals surface area (Å²) in [5.41, 5.74) is 0.669. The van der Waals surface area contributed by atoms with Gasteiger partial charge < -0.3 is 10.1 Å². The van der Waals surface area contributed by atoms with Crippen LogP contribution in [0.15, 0.2) is 24.3 Å². The Hall–Kier alpha value is -1.52. The maximum absolute atomic E-state index is 12.1. The minimum Gasteiger partial charge on any atom is -0.464 e. The van der Waals surface area contributed by atoms with Crippen molar-refractivity contribution in [1.82, 2.24) is 5.32 Å². The lowest BCUT2D eigenvalue weighted by molar-refractivity contribution is -0.148. The average Bonchev–Trinajstić information content (AvgIpc) is 2.51. The van der Waals surface area contributed by atoms with Crippen molar-refractivity contribution in [2.24, 2.45) is 5.92 Å². The van der Waals surface area contributed by atoms with Gasteiger partial charge in [-0.25, -0.2) is 4.79 Å². The van der Waals surface area contributed by atoms with Gasteiger partial charge in [-0.2, -0.15) is 0 Å². The van der Waals surface area contributed by atoms with Gasteiger partial charge in [0.05, 0.1) is 6.61 Å². The summed E-state index contributed by atoms with van der Waals surface area (Å²) in [5.74, 6) is -0.826. The Bertz CT molecular complexity index is 587. The van der Waals surface area contributed by atoms with Gasteiger partial charge in [0.1, 0.15) is 6.04 Å². The van der Waals surface area contributed by atoms with Gasteiger partial charge in [0, 0.05) is 16.1 Å². The van der Waals surface area contributed by atoms with Crippen LogP contribution in [0.25, 0.3) is 6.08 Å². The summed E-state index contributed by atoms with van der Waals surface area (Å²) >= 11 is 11.9. The van der Waals surface area contributed by atoms with Crippen molar-refractivity contribution in [3.63, 3.8) is 0 Å². The molecule has 0 aliphatic heterocycles. The molecule has 1 rings (SSSR count). The van der Waals surface area contributed by atoms with Gasteiger partial charge in [0.2, 0.25) is 5.91 Å². The summed E-state index contributed by atoms with van der Waals surface area (Å²) in [6.07, 6.45) is 3.66. The largest absolute Gasteiger partial charge is 0.464 e. The third-order valence-electron chi connectivity index (χ3n) is 3.43. The number of halogens is 2. The van der Waals surface area contributed by atoms with E-state index in [0.29, 0.717) is 15.6 Å². The first kappa shape index (κ1) is 19.5. The SMILES string of the molecule is CCOC(=O)[C@H](NC(=O)/C=C/c1ccc(Cl)cc1Cl)C(C)CC. The number of hydrogen-bond donors (Lipinski definition) is 1. The minimum atomic E-state index is -0.669. The minimum absolute atomic E-state index is 0.0227. The molecule has 126 valence electrons. The van der Waals surface area contributed by atoms with Crippen LogP contribution in [0.4, 0.5) is 0 Å². The number of carbonyl (C=O) groups excluding carboxylic acids is 2. The molecule has 1 amide bonds. The van der Waals surface area contributed by atoms with E-state index in [9.17, 15) is 9.59 Å². The molecule has 0 radical (unpaired) electrons. The van der Waals surface area contributed by atoms with E-state index in [1.54, 1.807) is 31.2 Å². The number of amides is 1. The quantitative estimate of drug-likeness (QED) is 0.590. The highest BCUT2D eigenvalue weighted by molar-refractivity contribution is 6.35. The van der Waals surface area contributed by atoms with Crippen LogP contribution in [-0.4, -0.2) is 24.5 Å². The van der Waals surface area contributed by atoms with Crippen molar-refractivity contribution >= 4 is 41.2 Å². The first-order valence-corrected chi connectivity index (χ1v) is 8.24. The Kier molecular flexibility index (Phi) is 8.13. The smallest absolute Gasteiger partial charge is 0.328 e. The molecule has 0 aromatic heterocycles. The molecule has 1 N–H and O–H groups in total. The standard InChI is InChI=1S/C17H21Cl2NO3/c1-4-11(3)16(17(22)23-5-2)20-15(21)9-7-12-6-8-13(18)10-14(12)19/h6-11,16H,4-5H2,1-3H3,(H,20,21)/b9-7+/t11?,16-/m1/s1. The highest BCUT2D eigenvalue weighted by Crippen LogP contribution is 2.22. The first-order chi connectivity index (χ1) is 10.9. The third-order valence-corrected chi connectivity index (χ3v) is 3.99. The van der Waals surface area contributed by atoms with Crippen molar-refractivity contribution in [3.8, 4) is 0 Å². The van der Waals surface area contributed by atoms with E-state index in [4.69, 9.17) is 27.9 Å². The number of rotatable bonds is 7. The third kappa shape index (κ3) is 6.24. The van der Waals surface area contributed by atoms with E-state index in [0.717, 1.165) is 6.42 Å². The van der Waals surface area contributed by atoms with Gasteiger partial charge in [-0.15, -0.1) is 0 Å². The molecule has 0 bridgehead atoms. The van der Waals surface area contributed by atoms with Crippen LogP contribution in [-0.2, 0) is 14.3 Å². The zero-order valence-corrected chi connectivity index (χ0v) is 14.9. The predicted octanol–water partition coefficient (Wildman–Crippen LogP) is 4.10. The molecule has 0 aliphatic carbocycles. The highest BCUT2D eigenvalue weighted by atomic mass is 35.5. The molecule has 23 heavy (non-hydrogen) atoms. The molecule has 4 nitrogen and oxygen atoms in total. The number of esters is 1. The molecule has 1 aromatic carbocycles. The summed E-state index contributed by atoms with van der Waals surface area (Å²) in [4.78, 5) is 24.0. The topological polar surface area (TPSA) is 55.4 Å². The fourth-order valence-electron chi connectivity index (χ4n) is 1.90. The predicted molar refractivity (Wildman–Crippen MR) is 93.5 cm³/mol. The Morgan fingerprint density at radius 3 is 2.57 bits per heavy atom. The summed E-state index contributed by atoms with van der Waals surface area (Å²) in [7, 11) is 0. The van der Waals surface area contributed by atoms with E-state index in [2.05, 4.69) is 5.32 Å². The molecule has 0 fully saturated rings. The Balaban J connectivity index is 2.78. The molecule has 0 saturated heterocycles. The molecule has 0 spiro atoms. The van der Waals surface area contributed by atoms with Crippen LogP contribution in [0.1, 0.15) is 32.8 Å².